The van der Waals surface area contributed by atoms with Crippen LogP contribution in [-0.2, 0) is 9.54 Å². The lowest BCUT2D eigenvalue weighted by Crippen LogP contribution is -2.40. The first kappa shape index (κ1) is 23.0. The van der Waals surface area contributed by atoms with E-state index in [0.29, 0.717) is 6.42 Å². The van der Waals surface area contributed by atoms with Gasteiger partial charge in [0.1, 0.15) is 5.75 Å². The zero-order chi connectivity index (χ0) is 22.7. The fraction of sp³-hybridized carbons (Fsp3) is 0.296. The van der Waals surface area contributed by atoms with Crippen LogP contribution in [-0.4, -0.2) is 15.8 Å². The van der Waals surface area contributed by atoms with Crippen molar-refractivity contribution >= 4 is 17.7 Å². The average molecular weight is 434 g/mol. The highest BCUT2D eigenvalue weighted by Gasteiger charge is 2.44. The second-order valence-electron chi connectivity index (χ2n) is 9.25. The number of phenols is 1. The van der Waals surface area contributed by atoms with Crippen molar-refractivity contribution in [2.75, 3.05) is 0 Å². The fourth-order valence-corrected chi connectivity index (χ4v) is 6.34. The number of carbonyl (C=O) groups excluding carboxylic acids is 1. The lowest BCUT2D eigenvalue weighted by Gasteiger charge is -2.43. The van der Waals surface area contributed by atoms with Crippen LogP contribution in [0.1, 0.15) is 50.8 Å². The number of hydrogen-bond acceptors (Lipinski definition) is 3. The summed E-state index contributed by atoms with van der Waals surface area (Å²) in [6, 6.07) is 28.2. The summed E-state index contributed by atoms with van der Waals surface area (Å²) in [6.45, 7) is 8.16. The minimum atomic E-state index is -0.634. The van der Waals surface area contributed by atoms with E-state index >= 15 is 0 Å². The Labute approximate surface area is 189 Å². The SMILES string of the molecule is CC(C)(CC(C)(C)C(N)=O)SC(c1ccccc1)(c1ccccc1)c1ccc(O)cc1. The molecule has 4 heteroatoms. The number of thioether (sulfide) groups is 1. The van der Waals surface area contributed by atoms with Crippen LogP contribution in [0.4, 0.5) is 0 Å². The molecule has 0 radical (unpaired) electrons. The molecule has 1 amide bonds. The van der Waals surface area contributed by atoms with Crippen molar-refractivity contribution in [2.24, 2.45) is 11.1 Å². The quantitative estimate of drug-likeness (QED) is 0.422. The van der Waals surface area contributed by atoms with E-state index in [1.54, 1.807) is 12.1 Å². The highest BCUT2D eigenvalue weighted by Crippen LogP contribution is 2.55. The second-order valence-corrected chi connectivity index (χ2v) is 11.2. The van der Waals surface area contributed by atoms with E-state index in [1.165, 1.54) is 0 Å². The standard InChI is InChI=1S/C27H31NO2S/c1-25(2,24(28)30)19-26(3,4)31-27(20-11-7-5-8-12-20,21-13-9-6-10-14-21)22-15-17-23(29)18-16-22/h5-18,29H,19H2,1-4H3,(H2,28,30). The fourth-order valence-electron chi connectivity index (χ4n) is 4.32. The van der Waals surface area contributed by atoms with Crippen molar-refractivity contribution < 1.29 is 9.90 Å². The lowest BCUT2D eigenvalue weighted by atomic mass is 9.82. The van der Waals surface area contributed by atoms with Gasteiger partial charge in [0, 0.05) is 10.2 Å². The molecule has 0 bridgehead atoms. The third kappa shape index (κ3) is 4.96. The number of rotatable bonds is 8. The molecule has 0 fully saturated rings. The first-order valence-electron chi connectivity index (χ1n) is 10.5. The summed E-state index contributed by atoms with van der Waals surface area (Å²) >= 11 is 1.81. The molecule has 3 N–H and O–H groups in total. The van der Waals surface area contributed by atoms with E-state index in [0.717, 1.165) is 16.7 Å². The molecule has 31 heavy (non-hydrogen) atoms. The van der Waals surface area contributed by atoms with Gasteiger partial charge in [0.15, 0.2) is 0 Å². The van der Waals surface area contributed by atoms with Gasteiger partial charge in [-0.3, -0.25) is 4.79 Å². The molecule has 3 aromatic carbocycles. The molecule has 0 unspecified atom stereocenters. The molecule has 3 nitrogen and oxygen atoms in total. The summed E-state index contributed by atoms with van der Waals surface area (Å²) in [5, 5.41) is 9.95. The smallest absolute Gasteiger partial charge is 0.223 e. The predicted molar refractivity (Wildman–Crippen MR) is 130 cm³/mol. The summed E-state index contributed by atoms with van der Waals surface area (Å²) in [5.41, 5.74) is 8.43. The molecule has 0 saturated heterocycles. The highest BCUT2D eigenvalue weighted by molar-refractivity contribution is 8.01. The number of aromatic hydroxyl groups is 1. The minimum absolute atomic E-state index is 0.234. The molecule has 0 spiro atoms. The molecule has 0 atom stereocenters. The number of amides is 1. The van der Waals surface area contributed by atoms with Crippen molar-refractivity contribution in [3.05, 3.63) is 102 Å². The van der Waals surface area contributed by atoms with Gasteiger partial charge in [0.2, 0.25) is 5.91 Å². The van der Waals surface area contributed by atoms with E-state index in [4.69, 9.17) is 5.73 Å². The summed E-state index contributed by atoms with van der Waals surface area (Å²) in [6.07, 6.45) is 0.625. The van der Waals surface area contributed by atoms with Gasteiger partial charge in [-0.1, -0.05) is 100 Å². The van der Waals surface area contributed by atoms with Gasteiger partial charge in [-0.05, 0) is 35.2 Å². The van der Waals surface area contributed by atoms with Crippen molar-refractivity contribution in [1.29, 1.82) is 0 Å². The van der Waals surface area contributed by atoms with E-state index < -0.39 is 10.2 Å². The monoisotopic (exact) mass is 433 g/mol. The minimum Gasteiger partial charge on any atom is -0.508 e. The zero-order valence-electron chi connectivity index (χ0n) is 18.6. The van der Waals surface area contributed by atoms with Crippen molar-refractivity contribution in [3.63, 3.8) is 0 Å². The summed E-state index contributed by atoms with van der Waals surface area (Å²) in [4.78, 5) is 12.1. The van der Waals surface area contributed by atoms with E-state index in [9.17, 15) is 9.90 Å². The van der Waals surface area contributed by atoms with Gasteiger partial charge in [0.05, 0.1) is 4.75 Å². The number of primary amides is 1. The highest BCUT2D eigenvalue weighted by atomic mass is 32.2. The zero-order valence-corrected chi connectivity index (χ0v) is 19.4. The maximum Gasteiger partial charge on any atom is 0.223 e. The van der Waals surface area contributed by atoms with Crippen LogP contribution in [0, 0.1) is 5.41 Å². The van der Waals surface area contributed by atoms with Crippen LogP contribution >= 0.6 is 11.8 Å². The molecule has 0 heterocycles. The maximum absolute atomic E-state index is 12.1. The Morgan fingerprint density at radius 1 is 0.774 bits per heavy atom. The topological polar surface area (TPSA) is 63.3 Å². The van der Waals surface area contributed by atoms with Gasteiger partial charge in [0.25, 0.3) is 0 Å². The maximum atomic E-state index is 12.1. The Hall–Kier alpha value is -2.72. The summed E-state index contributed by atoms with van der Waals surface area (Å²) < 4.78 is -0.824. The molecule has 3 aromatic rings. The Morgan fingerprint density at radius 3 is 1.61 bits per heavy atom. The molecule has 0 saturated carbocycles. The number of benzene rings is 3. The van der Waals surface area contributed by atoms with Crippen molar-refractivity contribution in [3.8, 4) is 5.75 Å². The average Bonchev–Trinajstić information content (AvgIpc) is 2.73. The number of phenolic OH excluding ortho intramolecular Hbond substituents is 1. The van der Waals surface area contributed by atoms with Crippen molar-refractivity contribution in [1.82, 2.24) is 0 Å². The molecule has 162 valence electrons. The number of hydrogen-bond donors (Lipinski definition) is 2. The van der Waals surface area contributed by atoms with Crippen LogP contribution in [0.5, 0.6) is 5.75 Å². The third-order valence-corrected chi connectivity index (χ3v) is 7.31. The first-order chi connectivity index (χ1) is 14.6. The molecular weight excluding hydrogens is 402 g/mol. The molecule has 0 aliphatic rings. The number of carbonyl (C=O) groups is 1. The van der Waals surface area contributed by atoms with Crippen molar-refractivity contribution in [2.45, 2.75) is 43.6 Å². The Bertz CT molecular complexity index is 973. The molecular formula is C27H31NO2S. The van der Waals surface area contributed by atoms with Gasteiger partial charge in [-0.25, -0.2) is 0 Å². The Kier molecular flexibility index (Phi) is 6.51. The summed E-state index contributed by atoms with van der Waals surface area (Å²) in [5.74, 6) is -0.0614. The first-order valence-corrected chi connectivity index (χ1v) is 11.3. The van der Waals surface area contributed by atoms with Gasteiger partial charge in [-0.15, -0.1) is 11.8 Å². The molecule has 3 rings (SSSR count). The molecule has 0 aliphatic heterocycles. The largest absolute Gasteiger partial charge is 0.508 e. The van der Waals surface area contributed by atoms with Crippen LogP contribution in [0.2, 0.25) is 0 Å². The van der Waals surface area contributed by atoms with Crippen LogP contribution in [0.15, 0.2) is 84.9 Å². The Morgan fingerprint density at radius 2 is 1.19 bits per heavy atom. The number of nitrogens with two attached hydrogens (primary N) is 1. The van der Waals surface area contributed by atoms with Gasteiger partial charge < -0.3 is 10.8 Å². The van der Waals surface area contributed by atoms with Crippen LogP contribution in [0.25, 0.3) is 0 Å². The normalized spacial score (nSPS) is 12.5. The second kappa shape index (κ2) is 8.80. The lowest BCUT2D eigenvalue weighted by molar-refractivity contribution is -0.126. The predicted octanol–water partition coefficient (Wildman–Crippen LogP) is 6.10. The van der Waals surface area contributed by atoms with Crippen LogP contribution in [0.3, 0.4) is 0 Å². The van der Waals surface area contributed by atoms with Gasteiger partial charge >= 0.3 is 0 Å². The summed E-state index contributed by atoms with van der Waals surface area (Å²) in [7, 11) is 0. The molecule has 0 aromatic heterocycles. The van der Waals surface area contributed by atoms with E-state index in [2.05, 4.69) is 38.1 Å². The van der Waals surface area contributed by atoms with E-state index in [-0.39, 0.29) is 16.4 Å². The third-order valence-electron chi connectivity index (χ3n) is 5.60. The van der Waals surface area contributed by atoms with Gasteiger partial charge in [-0.2, -0.15) is 0 Å². The van der Waals surface area contributed by atoms with Crippen LogP contribution < -0.4 is 5.73 Å². The van der Waals surface area contributed by atoms with E-state index in [1.807, 2.05) is 74.1 Å². The molecule has 0 aliphatic carbocycles. The Balaban J connectivity index is 2.24.